The van der Waals surface area contributed by atoms with Gasteiger partial charge in [0.25, 0.3) is 0 Å². The third-order valence-electron chi connectivity index (χ3n) is 2.29. The van der Waals surface area contributed by atoms with Crippen LogP contribution < -0.4 is 11.1 Å². The van der Waals surface area contributed by atoms with Gasteiger partial charge in [-0.2, -0.15) is 0 Å². The van der Waals surface area contributed by atoms with E-state index in [2.05, 4.69) is 5.32 Å². The first-order chi connectivity index (χ1) is 7.51. The van der Waals surface area contributed by atoms with Crippen molar-refractivity contribution in [2.75, 3.05) is 20.2 Å². The maximum atomic E-state index is 11.5. The maximum Gasteiger partial charge on any atom is 0.306 e. The molecule has 94 valence electrons. The van der Waals surface area contributed by atoms with E-state index in [4.69, 9.17) is 15.6 Å². The molecule has 6 heteroatoms. The molecule has 2 atom stereocenters. The zero-order valence-corrected chi connectivity index (χ0v) is 9.73. The van der Waals surface area contributed by atoms with Crippen molar-refractivity contribution in [3.8, 4) is 0 Å². The summed E-state index contributed by atoms with van der Waals surface area (Å²) in [5.41, 5.74) is 5.33. The fourth-order valence-electron chi connectivity index (χ4n) is 1.20. The number of amides is 1. The molecule has 0 fully saturated rings. The topological polar surface area (TPSA) is 102 Å². The second kappa shape index (κ2) is 8.06. The van der Waals surface area contributed by atoms with Crippen molar-refractivity contribution in [1.82, 2.24) is 5.32 Å². The molecule has 0 spiro atoms. The molecule has 0 radical (unpaired) electrons. The lowest BCUT2D eigenvalue weighted by Gasteiger charge is -2.16. The van der Waals surface area contributed by atoms with Crippen LogP contribution in [0.15, 0.2) is 0 Å². The zero-order valence-electron chi connectivity index (χ0n) is 9.73. The molecule has 0 aromatic rings. The smallest absolute Gasteiger partial charge is 0.306 e. The number of methoxy groups -OCH3 is 1. The number of rotatable bonds is 8. The molecule has 0 bridgehead atoms. The molecule has 0 aliphatic heterocycles. The van der Waals surface area contributed by atoms with E-state index in [0.29, 0.717) is 13.0 Å². The van der Waals surface area contributed by atoms with Gasteiger partial charge < -0.3 is 20.9 Å². The fourth-order valence-corrected chi connectivity index (χ4v) is 1.20. The summed E-state index contributed by atoms with van der Waals surface area (Å²) < 4.78 is 4.93. The summed E-state index contributed by atoms with van der Waals surface area (Å²) in [5, 5.41) is 11.2. The second-order valence-corrected chi connectivity index (χ2v) is 3.68. The average molecular weight is 232 g/mol. The fraction of sp³-hybridized carbons (Fsp3) is 0.800. The van der Waals surface area contributed by atoms with E-state index in [9.17, 15) is 9.59 Å². The van der Waals surface area contributed by atoms with E-state index in [-0.39, 0.29) is 24.8 Å². The third kappa shape index (κ3) is 6.36. The minimum Gasteiger partial charge on any atom is -0.481 e. The van der Waals surface area contributed by atoms with Crippen LogP contribution in [-0.2, 0) is 14.3 Å². The lowest BCUT2D eigenvalue weighted by atomic mass is 10.1. The van der Waals surface area contributed by atoms with Crippen LogP contribution in [-0.4, -0.2) is 43.3 Å². The number of hydrogen-bond acceptors (Lipinski definition) is 4. The molecule has 6 nitrogen and oxygen atoms in total. The quantitative estimate of drug-likeness (QED) is 0.527. The first-order valence-corrected chi connectivity index (χ1v) is 5.23. The number of ether oxygens (including phenoxy) is 1. The Bertz CT molecular complexity index is 233. The van der Waals surface area contributed by atoms with Crippen LogP contribution >= 0.6 is 0 Å². The SMILES string of the molecule is COC(CNC(=O)C(C)CCN)CC(=O)O. The Morgan fingerprint density at radius 2 is 2.12 bits per heavy atom. The molecule has 0 aromatic heterocycles. The van der Waals surface area contributed by atoms with Crippen LogP contribution in [0.3, 0.4) is 0 Å². The van der Waals surface area contributed by atoms with Crippen molar-refractivity contribution in [2.45, 2.75) is 25.9 Å². The molecule has 2 unspecified atom stereocenters. The highest BCUT2D eigenvalue weighted by Crippen LogP contribution is 2.01. The number of nitrogens with two attached hydrogens (primary N) is 1. The number of aliphatic carboxylic acids is 1. The summed E-state index contributed by atoms with van der Waals surface area (Å²) in [6.07, 6.45) is -0.00342. The van der Waals surface area contributed by atoms with Gasteiger partial charge in [0.05, 0.1) is 12.5 Å². The van der Waals surface area contributed by atoms with Gasteiger partial charge in [-0.25, -0.2) is 0 Å². The average Bonchev–Trinajstić information content (AvgIpc) is 2.23. The van der Waals surface area contributed by atoms with Crippen LogP contribution in [0, 0.1) is 5.92 Å². The van der Waals surface area contributed by atoms with Crippen LogP contribution in [0.4, 0.5) is 0 Å². The number of carboxylic acids is 1. The summed E-state index contributed by atoms with van der Waals surface area (Å²) in [6, 6.07) is 0. The van der Waals surface area contributed by atoms with Crippen LogP contribution in [0.5, 0.6) is 0 Å². The Labute approximate surface area is 95.1 Å². The van der Waals surface area contributed by atoms with Crippen molar-refractivity contribution in [3.05, 3.63) is 0 Å². The van der Waals surface area contributed by atoms with E-state index in [1.165, 1.54) is 7.11 Å². The number of nitrogens with one attached hydrogen (secondary N) is 1. The van der Waals surface area contributed by atoms with Crippen molar-refractivity contribution >= 4 is 11.9 Å². The summed E-state index contributed by atoms with van der Waals surface area (Å²) in [5.74, 6) is -1.23. The van der Waals surface area contributed by atoms with Gasteiger partial charge >= 0.3 is 5.97 Å². The van der Waals surface area contributed by atoms with E-state index in [1.807, 2.05) is 0 Å². The molecule has 0 aliphatic rings. The summed E-state index contributed by atoms with van der Waals surface area (Å²) in [7, 11) is 1.42. The Morgan fingerprint density at radius 1 is 1.50 bits per heavy atom. The highest BCUT2D eigenvalue weighted by Gasteiger charge is 2.16. The normalized spacial score (nSPS) is 14.2. The van der Waals surface area contributed by atoms with Gasteiger partial charge in [-0.3, -0.25) is 9.59 Å². The molecule has 1 amide bonds. The van der Waals surface area contributed by atoms with Gasteiger partial charge in [0, 0.05) is 19.6 Å². The Morgan fingerprint density at radius 3 is 2.56 bits per heavy atom. The van der Waals surface area contributed by atoms with Crippen molar-refractivity contribution < 1.29 is 19.4 Å². The largest absolute Gasteiger partial charge is 0.481 e. The van der Waals surface area contributed by atoms with E-state index in [0.717, 1.165) is 0 Å². The van der Waals surface area contributed by atoms with E-state index < -0.39 is 12.1 Å². The van der Waals surface area contributed by atoms with Gasteiger partial charge in [0.15, 0.2) is 0 Å². The lowest BCUT2D eigenvalue weighted by Crippen LogP contribution is -2.37. The summed E-state index contributed by atoms with van der Waals surface area (Å²) >= 11 is 0. The Hall–Kier alpha value is -1.14. The lowest BCUT2D eigenvalue weighted by molar-refractivity contribution is -0.140. The molecule has 0 heterocycles. The Balaban J connectivity index is 3.91. The van der Waals surface area contributed by atoms with Gasteiger partial charge in [0.2, 0.25) is 5.91 Å². The van der Waals surface area contributed by atoms with E-state index >= 15 is 0 Å². The molecule has 16 heavy (non-hydrogen) atoms. The van der Waals surface area contributed by atoms with Crippen LogP contribution in [0.1, 0.15) is 19.8 Å². The summed E-state index contributed by atoms with van der Waals surface area (Å²) in [4.78, 5) is 21.9. The number of carboxylic acid groups (broad SMARTS) is 1. The number of carbonyl (C=O) groups excluding carboxylic acids is 1. The van der Waals surface area contributed by atoms with Gasteiger partial charge in [0.1, 0.15) is 0 Å². The van der Waals surface area contributed by atoms with Crippen LogP contribution in [0.2, 0.25) is 0 Å². The van der Waals surface area contributed by atoms with Crippen molar-refractivity contribution in [1.29, 1.82) is 0 Å². The molecule has 0 saturated carbocycles. The van der Waals surface area contributed by atoms with Gasteiger partial charge in [-0.05, 0) is 13.0 Å². The number of hydrogen-bond donors (Lipinski definition) is 3. The predicted molar refractivity (Wildman–Crippen MR) is 58.9 cm³/mol. The van der Waals surface area contributed by atoms with Gasteiger partial charge in [-0.15, -0.1) is 0 Å². The second-order valence-electron chi connectivity index (χ2n) is 3.68. The monoisotopic (exact) mass is 232 g/mol. The standard InChI is InChI=1S/C10H20N2O4/c1-7(3-4-11)10(15)12-6-8(16-2)5-9(13)14/h7-8H,3-6,11H2,1-2H3,(H,12,15)(H,13,14). The first-order valence-electron chi connectivity index (χ1n) is 5.23. The molecular formula is C10H20N2O4. The van der Waals surface area contributed by atoms with Crippen molar-refractivity contribution in [2.24, 2.45) is 11.7 Å². The molecule has 4 N–H and O–H groups in total. The molecular weight excluding hydrogens is 212 g/mol. The van der Waals surface area contributed by atoms with E-state index in [1.54, 1.807) is 6.92 Å². The predicted octanol–water partition coefficient (Wildman–Crippen LogP) is -0.423. The van der Waals surface area contributed by atoms with Gasteiger partial charge in [-0.1, -0.05) is 6.92 Å². The first kappa shape index (κ1) is 14.9. The molecule has 0 aromatic carbocycles. The number of carbonyl (C=O) groups is 2. The molecule has 0 rings (SSSR count). The van der Waals surface area contributed by atoms with Crippen LogP contribution in [0.25, 0.3) is 0 Å². The third-order valence-corrected chi connectivity index (χ3v) is 2.29. The van der Waals surface area contributed by atoms with Crippen molar-refractivity contribution in [3.63, 3.8) is 0 Å². The molecule has 0 saturated heterocycles. The zero-order chi connectivity index (χ0) is 12.6. The molecule has 0 aliphatic carbocycles. The minimum absolute atomic E-state index is 0.123. The summed E-state index contributed by atoms with van der Waals surface area (Å²) in [6.45, 7) is 2.44. The Kier molecular flexibility index (Phi) is 7.49. The highest BCUT2D eigenvalue weighted by molar-refractivity contribution is 5.78. The maximum absolute atomic E-state index is 11.5. The highest BCUT2D eigenvalue weighted by atomic mass is 16.5. The minimum atomic E-state index is -0.948.